The molecule has 0 saturated heterocycles. The third kappa shape index (κ3) is 7.27. The van der Waals surface area contributed by atoms with Crippen molar-refractivity contribution in [3.05, 3.63) is 0 Å². The van der Waals surface area contributed by atoms with Gasteiger partial charge in [0.25, 0.3) is 0 Å². The van der Waals surface area contributed by atoms with E-state index in [9.17, 15) is 4.79 Å². The first-order chi connectivity index (χ1) is 4.42. The monoisotopic (exact) mass is 144 g/mol. The molecule has 0 heterocycles. The molecule has 0 aromatic heterocycles. The number of carbonyl (C=O) groups excluding carboxylic acids is 1. The van der Waals surface area contributed by atoms with Crippen LogP contribution in [0, 0.1) is 5.41 Å². The molecule has 1 amide bonds. The maximum atomic E-state index is 9.97. The molecule has 0 rings (SSSR count). The SMILES string of the molecule is CC(C)(C)CCOC([NH])=O. The standard InChI is InChI=1S/C7H14NO2/c1-7(2,3)4-5-10-6(8)9/h8H,4-5H2,1-3H3. The van der Waals surface area contributed by atoms with E-state index in [0.29, 0.717) is 6.61 Å². The molecule has 0 aromatic carbocycles. The Morgan fingerprint density at radius 1 is 1.50 bits per heavy atom. The summed E-state index contributed by atoms with van der Waals surface area (Å²) in [7, 11) is 0. The van der Waals surface area contributed by atoms with E-state index in [2.05, 4.69) is 25.5 Å². The predicted octanol–water partition coefficient (Wildman–Crippen LogP) is 1.84. The molecule has 0 aliphatic rings. The van der Waals surface area contributed by atoms with Gasteiger partial charge in [0, 0.05) is 0 Å². The maximum Gasteiger partial charge on any atom is 0.426 e. The van der Waals surface area contributed by atoms with Crippen LogP contribution >= 0.6 is 0 Å². The highest BCUT2D eigenvalue weighted by molar-refractivity contribution is 5.63. The highest BCUT2D eigenvalue weighted by Gasteiger charge is 2.10. The zero-order chi connectivity index (χ0) is 8.20. The van der Waals surface area contributed by atoms with Crippen molar-refractivity contribution in [3.8, 4) is 0 Å². The summed E-state index contributed by atoms with van der Waals surface area (Å²) >= 11 is 0. The first kappa shape index (κ1) is 9.27. The van der Waals surface area contributed by atoms with E-state index in [1.807, 2.05) is 0 Å². The van der Waals surface area contributed by atoms with Gasteiger partial charge in [0.1, 0.15) is 0 Å². The van der Waals surface area contributed by atoms with Crippen LogP contribution in [0.2, 0.25) is 0 Å². The number of hydrogen-bond acceptors (Lipinski definition) is 2. The van der Waals surface area contributed by atoms with E-state index in [4.69, 9.17) is 5.73 Å². The first-order valence-electron chi connectivity index (χ1n) is 3.30. The Hall–Kier alpha value is -0.730. The Labute approximate surface area is 61.5 Å². The van der Waals surface area contributed by atoms with Gasteiger partial charge < -0.3 is 4.74 Å². The van der Waals surface area contributed by atoms with Crippen molar-refractivity contribution in [1.82, 2.24) is 5.73 Å². The Bertz CT molecular complexity index is 115. The molecular weight excluding hydrogens is 130 g/mol. The van der Waals surface area contributed by atoms with Crippen molar-refractivity contribution in [2.24, 2.45) is 5.41 Å². The number of nitrogens with one attached hydrogen (secondary N) is 1. The predicted molar refractivity (Wildman–Crippen MR) is 38.5 cm³/mol. The number of ether oxygens (including phenoxy) is 1. The third-order valence-corrected chi connectivity index (χ3v) is 1.09. The fourth-order valence-electron chi connectivity index (χ4n) is 0.450. The summed E-state index contributed by atoms with van der Waals surface area (Å²) in [6.07, 6.45) is -0.137. The van der Waals surface area contributed by atoms with Crippen molar-refractivity contribution in [2.45, 2.75) is 27.2 Å². The van der Waals surface area contributed by atoms with E-state index >= 15 is 0 Å². The van der Waals surface area contributed by atoms with Crippen LogP contribution in [0.15, 0.2) is 0 Å². The summed E-state index contributed by atoms with van der Waals surface area (Å²) < 4.78 is 4.45. The lowest BCUT2D eigenvalue weighted by molar-refractivity contribution is 0.139. The number of carbonyl (C=O) groups is 1. The molecule has 0 unspecified atom stereocenters. The summed E-state index contributed by atoms with van der Waals surface area (Å²) in [6, 6.07) is 0. The Kier molecular flexibility index (Phi) is 3.19. The molecule has 0 atom stereocenters. The van der Waals surface area contributed by atoms with Crippen molar-refractivity contribution < 1.29 is 9.53 Å². The average molecular weight is 144 g/mol. The van der Waals surface area contributed by atoms with Crippen molar-refractivity contribution in [1.29, 1.82) is 0 Å². The lowest BCUT2D eigenvalue weighted by Crippen LogP contribution is -2.12. The second kappa shape index (κ2) is 3.44. The molecule has 3 heteroatoms. The van der Waals surface area contributed by atoms with Gasteiger partial charge in [-0.3, -0.25) is 0 Å². The van der Waals surface area contributed by atoms with E-state index in [0.717, 1.165) is 6.42 Å². The summed E-state index contributed by atoms with van der Waals surface area (Å²) in [6.45, 7) is 6.53. The highest BCUT2D eigenvalue weighted by Crippen LogP contribution is 2.17. The van der Waals surface area contributed by atoms with Crippen LogP contribution in [-0.4, -0.2) is 12.7 Å². The molecule has 1 N–H and O–H groups in total. The molecule has 0 saturated carbocycles. The van der Waals surface area contributed by atoms with E-state index in [1.54, 1.807) is 0 Å². The number of hydrogen-bond donors (Lipinski definition) is 0. The van der Waals surface area contributed by atoms with Crippen LogP contribution in [0.4, 0.5) is 4.79 Å². The molecule has 0 aliphatic carbocycles. The molecule has 1 radical (unpaired) electrons. The van der Waals surface area contributed by atoms with Gasteiger partial charge in [-0.2, -0.15) is 0 Å². The van der Waals surface area contributed by atoms with Gasteiger partial charge >= 0.3 is 6.09 Å². The van der Waals surface area contributed by atoms with Crippen LogP contribution in [0.5, 0.6) is 0 Å². The molecule has 3 nitrogen and oxygen atoms in total. The lowest BCUT2D eigenvalue weighted by Gasteiger charge is -2.16. The summed E-state index contributed by atoms with van der Waals surface area (Å²) in [5, 5.41) is 0. The Balaban J connectivity index is 3.29. The van der Waals surface area contributed by atoms with Gasteiger partial charge in [-0.1, -0.05) is 20.8 Å². The summed E-state index contributed by atoms with van der Waals surface area (Å²) in [5.41, 5.74) is 6.60. The summed E-state index contributed by atoms with van der Waals surface area (Å²) in [4.78, 5) is 9.97. The minimum absolute atomic E-state index is 0.176. The quantitative estimate of drug-likeness (QED) is 0.593. The van der Waals surface area contributed by atoms with Gasteiger partial charge in [0.2, 0.25) is 0 Å². The lowest BCUT2D eigenvalue weighted by atomic mass is 9.93. The van der Waals surface area contributed by atoms with Gasteiger partial charge in [0.05, 0.1) is 6.61 Å². The maximum absolute atomic E-state index is 9.97. The van der Waals surface area contributed by atoms with Crippen LogP contribution in [0.25, 0.3) is 0 Å². The Morgan fingerprint density at radius 2 is 2.00 bits per heavy atom. The van der Waals surface area contributed by atoms with Gasteiger partial charge in [-0.15, -0.1) is 0 Å². The van der Waals surface area contributed by atoms with Crippen LogP contribution < -0.4 is 5.73 Å². The van der Waals surface area contributed by atoms with Gasteiger partial charge in [0.15, 0.2) is 0 Å². The number of amides is 1. The zero-order valence-electron chi connectivity index (χ0n) is 6.73. The first-order valence-corrected chi connectivity index (χ1v) is 3.30. The topological polar surface area (TPSA) is 50.1 Å². The normalized spacial score (nSPS) is 11.1. The molecule has 0 spiro atoms. The molecule has 0 aromatic rings. The second-order valence-electron chi connectivity index (χ2n) is 3.45. The molecule has 0 bridgehead atoms. The van der Waals surface area contributed by atoms with Crippen LogP contribution in [-0.2, 0) is 4.74 Å². The Morgan fingerprint density at radius 3 is 2.30 bits per heavy atom. The molecule has 0 aliphatic heterocycles. The van der Waals surface area contributed by atoms with E-state index in [1.165, 1.54) is 0 Å². The van der Waals surface area contributed by atoms with Gasteiger partial charge in [-0.25, -0.2) is 10.5 Å². The van der Waals surface area contributed by atoms with Crippen LogP contribution in [0.1, 0.15) is 27.2 Å². The largest absolute Gasteiger partial charge is 0.448 e. The second-order valence-corrected chi connectivity index (χ2v) is 3.45. The van der Waals surface area contributed by atoms with E-state index < -0.39 is 6.09 Å². The third-order valence-electron chi connectivity index (χ3n) is 1.09. The van der Waals surface area contributed by atoms with Crippen molar-refractivity contribution >= 4 is 6.09 Å². The zero-order valence-corrected chi connectivity index (χ0v) is 6.73. The molecule has 0 fully saturated rings. The smallest absolute Gasteiger partial charge is 0.426 e. The number of rotatable bonds is 2. The van der Waals surface area contributed by atoms with Crippen molar-refractivity contribution in [3.63, 3.8) is 0 Å². The summed E-state index contributed by atoms with van der Waals surface area (Å²) in [5.74, 6) is 0. The molecule has 59 valence electrons. The molecular formula is C7H14NO2. The van der Waals surface area contributed by atoms with Crippen LogP contribution in [0.3, 0.4) is 0 Å². The minimum atomic E-state index is -0.941. The fourth-order valence-corrected chi connectivity index (χ4v) is 0.450. The van der Waals surface area contributed by atoms with E-state index in [-0.39, 0.29) is 5.41 Å². The highest BCUT2D eigenvalue weighted by atomic mass is 16.5. The molecule has 10 heavy (non-hydrogen) atoms. The fraction of sp³-hybridized carbons (Fsp3) is 0.857. The van der Waals surface area contributed by atoms with Crippen molar-refractivity contribution in [2.75, 3.05) is 6.61 Å². The minimum Gasteiger partial charge on any atom is -0.448 e. The average Bonchev–Trinajstić information content (AvgIpc) is 1.59. The van der Waals surface area contributed by atoms with Gasteiger partial charge in [-0.05, 0) is 11.8 Å².